The second kappa shape index (κ2) is 4.52. The van der Waals surface area contributed by atoms with E-state index in [1.807, 2.05) is 6.26 Å². The first kappa shape index (κ1) is 10.4. The van der Waals surface area contributed by atoms with E-state index in [-0.39, 0.29) is 0 Å². The first-order valence-electron chi connectivity index (χ1n) is 3.69. The van der Waals surface area contributed by atoms with Crippen molar-refractivity contribution in [2.24, 2.45) is 5.84 Å². The number of benzene rings is 1. The first-order chi connectivity index (χ1) is 6.19. The van der Waals surface area contributed by atoms with E-state index in [0.29, 0.717) is 11.2 Å². The lowest BCUT2D eigenvalue weighted by molar-refractivity contribution is 0.425. The van der Waals surface area contributed by atoms with E-state index >= 15 is 0 Å². The van der Waals surface area contributed by atoms with Crippen LogP contribution < -0.4 is 16.7 Å². The zero-order chi connectivity index (χ0) is 9.84. The van der Waals surface area contributed by atoms with E-state index in [1.54, 1.807) is 18.2 Å². The van der Waals surface area contributed by atoms with Crippen molar-refractivity contribution >= 4 is 30.0 Å². The Morgan fingerprint density at radius 1 is 1.46 bits per heavy atom. The van der Waals surface area contributed by atoms with Gasteiger partial charge in [0.1, 0.15) is 0 Å². The van der Waals surface area contributed by atoms with Crippen LogP contribution in [-0.4, -0.2) is 23.4 Å². The molecule has 0 aliphatic rings. The lowest BCUT2D eigenvalue weighted by atomic mass is 9.80. The number of nitrogens with one attached hydrogen (secondary N) is 1. The van der Waals surface area contributed by atoms with Crippen molar-refractivity contribution in [2.45, 2.75) is 4.90 Å². The molecule has 0 bridgehead atoms. The predicted octanol–water partition coefficient (Wildman–Crippen LogP) is -0.626. The van der Waals surface area contributed by atoms with Gasteiger partial charge in [-0.1, -0.05) is 0 Å². The van der Waals surface area contributed by atoms with Gasteiger partial charge in [0, 0.05) is 10.6 Å². The molecule has 0 saturated heterocycles. The summed E-state index contributed by atoms with van der Waals surface area (Å²) in [6.07, 6.45) is 1.87. The van der Waals surface area contributed by atoms with Crippen molar-refractivity contribution in [1.82, 2.24) is 0 Å². The number of nitrogen functional groups attached to an aromatic ring is 1. The van der Waals surface area contributed by atoms with Crippen LogP contribution >= 0.6 is 11.8 Å². The van der Waals surface area contributed by atoms with Crippen LogP contribution in [0.4, 0.5) is 5.69 Å². The van der Waals surface area contributed by atoms with Gasteiger partial charge in [0.25, 0.3) is 0 Å². The number of hydrogen-bond donors (Lipinski definition) is 4. The Kier molecular flexibility index (Phi) is 3.62. The summed E-state index contributed by atoms with van der Waals surface area (Å²) in [5.41, 5.74) is 3.56. The van der Waals surface area contributed by atoms with Crippen LogP contribution in [0, 0.1) is 0 Å². The van der Waals surface area contributed by atoms with Crippen molar-refractivity contribution in [3.63, 3.8) is 0 Å². The van der Waals surface area contributed by atoms with Gasteiger partial charge in [-0.05, 0) is 29.9 Å². The molecule has 0 atom stereocenters. The third-order valence-electron chi connectivity index (χ3n) is 1.67. The zero-order valence-corrected chi connectivity index (χ0v) is 8.01. The Hall–Kier alpha value is -0.685. The maximum atomic E-state index is 9.03. The Morgan fingerprint density at radius 3 is 2.62 bits per heavy atom. The molecule has 6 heteroatoms. The van der Waals surface area contributed by atoms with E-state index < -0.39 is 7.12 Å². The summed E-state index contributed by atoms with van der Waals surface area (Å²) >= 11 is 1.45. The molecule has 0 aliphatic heterocycles. The second-order valence-corrected chi connectivity index (χ2v) is 3.32. The molecule has 1 aromatic carbocycles. The molecule has 0 aromatic heterocycles. The third kappa shape index (κ3) is 2.38. The van der Waals surface area contributed by atoms with E-state index in [0.717, 1.165) is 4.90 Å². The van der Waals surface area contributed by atoms with Gasteiger partial charge >= 0.3 is 7.12 Å². The standard InChI is InChI=1S/C7H11BN2O2S/c1-13-7-3-2-5(10-9)4-6(7)8(11)12/h2-4,10-12H,9H2,1H3. The number of nitrogens with two attached hydrogens (primary N) is 1. The summed E-state index contributed by atoms with van der Waals surface area (Å²) in [7, 11) is -1.46. The number of anilines is 1. The van der Waals surface area contributed by atoms with Crippen LogP contribution in [0.1, 0.15) is 0 Å². The molecular weight excluding hydrogens is 187 g/mol. The average molecular weight is 198 g/mol. The molecule has 13 heavy (non-hydrogen) atoms. The summed E-state index contributed by atoms with van der Waals surface area (Å²) in [5.74, 6) is 5.19. The first-order valence-corrected chi connectivity index (χ1v) is 4.92. The SMILES string of the molecule is CSc1ccc(NN)cc1B(O)O. The van der Waals surface area contributed by atoms with E-state index in [9.17, 15) is 0 Å². The quantitative estimate of drug-likeness (QED) is 0.225. The van der Waals surface area contributed by atoms with Gasteiger partial charge in [-0.15, -0.1) is 11.8 Å². The summed E-state index contributed by atoms with van der Waals surface area (Å²) in [6, 6.07) is 5.17. The number of hydrogen-bond acceptors (Lipinski definition) is 5. The smallest absolute Gasteiger partial charge is 0.423 e. The fourth-order valence-electron chi connectivity index (χ4n) is 1.03. The fraction of sp³-hybridized carbons (Fsp3) is 0.143. The molecule has 0 radical (unpaired) electrons. The highest BCUT2D eigenvalue weighted by Gasteiger charge is 2.15. The van der Waals surface area contributed by atoms with Crippen LogP contribution in [0.2, 0.25) is 0 Å². The van der Waals surface area contributed by atoms with Crippen LogP contribution in [0.3, 0.4) is 0 Å². The van der Waals surface area contributed by atoms with Gasteiger partial charge in [0.2, 0.25) is 0 Å². The summed E-state index contributed by atoms with van der Waals surface area (Å²) in [4.78, 5) is 0.828. The Morgan fingerprint density at radius 2 is 2.15 bits per heavy atom. The highest BCUT2D eigenvalue weighted by Crippen LogP contribution is 2.15. The monoisotopic (exact) mass is 198 g/mol. The lowest BCUT2D eigenvalue weighted by Gasteiger charge is -2.08. The van der Waals surface area contributed by atoms with E-state index in [2.05, 4.69) is 5.43 Å². The maximum absolute atomic E-state index is 9.03. The van der Waals surface area contributed by atoms with Gasteiger partial charge in [-0.2, -0.15) is 0 Å². The van der Waals surface area contributed by atoms with Gasteiger partial charge < -0.3 is 15.5 Å². The van der Waals surface area contributed by atoms with Gasteiger partial charge in [0.05, 0.1) is 0 Å². The van der Waals surface area contributed by atoms with Gasteiger partial charge in [0.15, 0.2) is 0 Å². The summed E-state index contributed by atoms with van der Waals surface area (Å²) in [5, 5.41) is 18.1. The van der Waals surface area contributed by atoms with Crippen molar-refractivity contribution < 1.29 is 10.0 Å². The minimum atomic E-state index is -1.46. The zero-order valence-electron chi connectivity index (χ0n) is 7.19. The molecule has 0 spiro atoms. The van der Waals surface area contributed by atoms with Crippen molar-refractivity contribution in [2.75, 3.05) is 11.7 Å². The molecule has 5 N–H and O–H groups in total. The van der Waals surface area contributed by atoms with Crippen LogP contribution in [-0.2, 0) is 0 Å². The normalized spacial score (nSPS) is 9.85. The predicted molar refractivity (Wildman–Crippen MR) is 55.9 cm³/mol. The van der Waals surface area contributed by atoms with Crippen LogP contribution in [0.5, 0.6) is 0 Å². The van der Waals surface area contributed by atoms with Crippen LogP contribution in [0.15, 0.2) is 23.1 Å². The lowest BCUT2D eigenvalue weighted by Crippen LogP contribution is -2.32. The summed E-state index contributed by atoms with van der Waals surface area (Å²) in [6.45, 7) is 0. The minimum Gasteiger partial charge on any atom is -0.423 e. The molecule has 0 fully saturated rings. The highest BCUT2D eigenvalue weighted by molar-refractivity contribution is 7.98. The molecule has 4 nitrogen and oxygen atoms in total. The average Bonchev–Trinajstić information content (AvgIpc) is 2.16. The number of thioether (sulfide) groups is 1. The van der Waals surface area contributed by atoms with E-state index in [4.69, 9.17) is 15.9 Å². The van der Waals surface area contributed by atoms with Crippen molar-refractivity contribution in [3.8, 4) is 0 Å². The largest absolute Gasteiger partial charge is 0.489 e. The van der Waals surface area contributed by atoms with Gasteiger partial charge in [-0.3, -0.25) is 5.84 Å². The van der Waals surface area contributed by atoms with Gasteiger partial charge in [-0.25, -0.2) is 0 Å². The molecule has 0 saturated carbocycles. The highest BCUT2D eigenvalue weighted by atomic mass is 32.2. The molecule has 0 amide bonds. The topological polar surface area (TPSA) is 78.5 Å². The number of rotatable bonds is 3. The Bertz CT molecular complexity index is 296. The molecule has 1 aromatic rings. The van der Waals surface area contributed by atoms with Crippen molar-refractivity contribution in [3.05, 3.63) is 18.2 Å². The Balaban J connectivity index is 3.10. The van der Waals surface area contributed by atoms with Crippen LogP contribution in [0.25, 0.3) is 0 Å². The molecular formula is C7H11BN2O2S. The molecule has 0 aliphatic carbocycles. The van der Waals surface area contributed by atoms with Crippen molar-refractivity contribution in [1.29, 1.82) is 0 Å². The Labute approximate surface area is 81.3 Å². The minimum absolute atomic E-state index is 0.461. The van der Waals surface area contributed by atoms with E-state index in [1.165, 1.54) is 11.8 Å². The molecule has 70 valence electrons. The fourth-order valence-corrected chi connectivity index (χ4v) is 1.63. The molecule has 1 rings (SSSR count). The third-order valence-corrected chi connectivity index (χ3v) is 2.49. The molecule has 0 heterocycles. The maximum Gasteiger partial charge on any atom is 0.489 e. The molecule has 0 unspecified atom stereocenters. The second-order valence-electron chi connectivity index (χ2n) is 2.47. The number of hydrazine groups is 1. The summed E-state index contributed by atoms with van der Waals surface area (Å²) < 4.78 is 0.